The van der Waals surface area contributed by atoms with Gasteiger partial charge in [0, 0.05) is 12.0 Å². The molecule has 0 saturated heterocycles. The molecule has 0 aromatic carbocycles. The first kappa shape index (κ1) is 11.6. The van der Waals surface area contributed by atoms with Crippen molar-refractivity contribution in [3.63, 3.8) is 0 Å². The van der Waals surface area contributed by atoms with Crippen LogP contribution in [0.25, 0.3) is 5.69 Å². The summed E-state index contributed by atoms with van der Waals surface area (Å²) in [6.45, 7) is 6.04. The zero-order valence-electron chi connectivity index (χ0n) is 10.0. The molecule has 0 fully saturated rings. The molecule has 0 bridgehead atoms. The van der Waals surface area contributed by atoms with Crippen LogP contribution in [0.3, 0.4) is 0 Å². The minimum atomic E-state index is -0.332. The van der Waals surface area contributed by atoms with E-state index in [-0.39, 0.29) is 11.7 Å². The summed E-state index contributed by atoms with van der Waals surface area (Å²) in [4.78, 5) is 5.39. The van der Waals surface area contributed by atoms with Gasteiger partial charge in [0.25, 0.3) is 0 Å². The Hall–Kier alpha value is -1.85. The van der Waals surface area contributed by atoms with Crippen molar-refractivity contribution >= 4 is 0 Å². The number of aromatic nitrogens is 5. The van der Waals surface area contributed by atoms with Crippen LogP contribution in [0.1, 0.15) is 32.4 Å². The summed E-state index contributed by atoms with van der Waals surface area (Å²) in [7, 11) is 0. The second-order valence-electron chi connectivity index (χ2n) is 4.32. The van der Waals surface area contributed by atoms with Crippen molar-refractivity contribution < 1.29 is 4.39 Å². The molecule has 1 unspecified atom stereocenters. The van der Waals surface area contributed by atoms with Crippen molar-refractivity contribution in [3.05, 3.63) is 30.1 Å². The normalized spacial score (nSPS) is 13.0. The smallest absolute Gasteiger partial charge is 0.162 e. The number of nitrogens with zero attached hydrogens (tertiary/aromatic N) is 5. The Kier molecular flexibility index (Phi) is 3.12. The van der Waals surface area contributed by atoms with Crippen LogP contribution in [-0.4, -0.2) is 25.2 Å². The second kappa shape index (κ2) is 4.57. The number of hydrogen-bond acceptors (Lipinski definition) is 4. The number of hydrogen-bond donors (Lipinski definition) is 0. The van der Waals surface area contributed by atoms with Crippen LogP contribution in [0.2, 0.25) is 0 Å². The fourth-order valence-corrected chi connectivity index (χ4v) is 1.48. The van der Waals surface area contributed by atoms with Gasteiger partial charge in [-0.15, -0.1) is 15.0 Å². The first-order valence-electron chi connectivity index (χ1n) is 5.48. The van der Waals surface area contributed by atoms with Crippen LogP contribution in [0.5, 0.6) is 0 Å². The van der Waals surface area contributed by atoms with Crippen molar-refractivity contribution in [2.24, 2.45) is 5.92 Å². The van der Waals surface area contributed by atoms with E-state index in [2.05, 4.69) is 20.4 Å². The van der Waals surface area contributed by atoms with Crippen LogP contribution < -0.4 is 0 Å². The van der Waals surface area contributed by atoms with Gasteiger partial charge in [-0.05, 0) is 11.1 Å². The first-order valence-corrected chi connectivity index (χ1v) is 5.48. The van der Waals surface area contributed by atoms with Gasteiger partial charge in [-0.1, -0.05) is 20.8 Å². The van der Waals surface area contributed by atoms with Gasteiger partial charge >= 0.3 is 0 Å². The zero-order valence-corrected chi connectivity index (χ0v) is 10.0. The molecule has 2 aromatic heterocycles. The van der Waals surface area contributed by atoms with Crippen LogP contribution in [0, 0.1) is 11.7 Å². The van der Waals surface area contributed by atoms with Crippen molar-refractivity contribution in [2.75, 3.05) is 0 Å². The van der Waals surface area contributed by atoms with E-state index in [9.17, 15) is 4.39 Å². The van der Waals surface area contributed by atoms with Crippen LogP contribution in [0.4, 0.5) is 4.39 Å². The predicted molar refractivity (Wildman–Crippen MR) is 60.2 cm³/mol. The van der Waals surface area contributed by atoms with Gasteiger partial charge in [-0.3, -0.25) is 4.98 Å². The molecule has 5 nitrogen and oxygen atoms in total. The molecular formula is C11H14FN5. The summed E-state index contributed by atoms with van der Waals surface area (Å²) in [5.74, 6) is 0.0844. The third-order valence-electron chi connectivity index (χ3n) is 2.87. The van der Waals surface area contributed by atoms with Crippen molar-refractivity contribution in [1.29, 1.82) is 0 Å². The van der Waals surface area contributed by atoms with Crippen LogP contribution in [0.15, 0.2) is 18.6 Å². The van der Waals surface area contributed by atoms with E-state index >= 15 is 0 Å². The standard InChI is InChI=1S/C11H14FN5/c1-7(2)8(3)11-10(12)4-9(5-13-11)17-15-6-14-16-17/h4-8H,1-3H3. The number of tetrazole rings is 1. The minimum Gasteiger partial charge on any atom is -0.256 e. The number of rotatable bonds is 3. The molecule has 0 radical (unpaired) electrons. The van der Waals surface area contributed by atoms with Crippen LogP contribution in [-0.2, 0) is 0 Å². The Morgan fingerprint density at radius 2 is 2.06 bits per heavy atom. The number of pyridine rings is 1. The third-order valence-corrected chi connectivity index (χ3v) is 2.87. The molecule has 0 N–H and O–H groups in total. The molecule has 2 aromatic rings. The average Bonchev–Trinajstić information content (AvgIpc) is 2.81. The fraction of sp³-hybridized carbons (Fsp3) is 0.455. The molecular weight excluding hydrogens is 221 g/mol. The van der Waals surface area contributed by atoms with Gasteiger partial charge in [0.1, 0.15) is 11.5 Å². The van der Waals surface area contributed by atoms with Gasteiger partial charge in [0.15, 0.2) is 6.33 Å². The molecule has 0 aliphatic carbocycles. The van der Waals surface area contributed by atoms with E-state index in [1.165, 1.54) is 17.2 Å². The summed E-state index contributed by atoms with van der Waals surface area (Å²) in [6, 6.07) is 1.38. The Morgan fingerprint density at radius 1 is 1.29 bits per heavy atom. The summed E-state index contributed by atoms with van der Waals surface area (Å²) in [5, 5.41) is 11.1. The predicted octanol–water partition coefficient (Wildman–Crippen LogP) is 1.96. The van der Waals surface area contributed by atoms with E-state index in [4.69, 9.17) is 0 Å². The maximum Gasteiger partial charge on any atom is 0.162 e. The fourth-order valence-electron chi connectivity index (χ4n) is 1.48. The average molecular weight is 235 g/mol. The SMILES string of the molecule is CC(C)C(C)c1ncc(-n2ncnn2)cc1F. The third kappa shape index (κ3) is 2.30. The van der Waals surface area contributed by atoms with Gasteiger partial charge in [0.05, 0.1) is 11.9 Å². The molecule has 90 valence electrons. The highest BCUT2D eigenvalue weighted by Gasteiger charge is 2.17. The van der Waals surface area contributed by atoms with Gasteiger partial charge in [-0.2, -0.15) is 0 Å². The molecule has 2 rings (SSSR count). The van der Waals surface area contributed by atoms with E-state index in [0.717, 1.165) is 0 Å². The highest BCUT2D eigenvalue weighted by Crippen LogP contribution is 2.24. The Labute approximate surface area is 98.7 Å². The monoisotopic (exact) mass is 235 g/mol. The Morgan fingerprint density at radius 3 is 2.59 bits per heavy atom. The van der Waals surface area contributed by atoms with Gasteiger partial charge < -0.3 is 0 Å². The number of halogens is 1. The lowest BCUT2D eigenvalue weighted by atomic mass is 9.94. The molecule has 0 saturated carbocycles. The van der Waals surface area contributed by atoms with E-state index in [0.29, 0.717) is 17.3 Å². The largest absolute Gasteiger partial charge is 0.256 e. The maximum atomic E-state index is 13.9. The lowest BCUT2D eigenvalue weighted by Gasteiger charge is -2.15. The van der Waals surface area contributed by atoms with E-state index < -0.39 is 0 Å². The first-order chi connectivity index (χ1) is 8.09. The quantitative estimate of drug-likeness (QED) is 0.816. The van der Waals surface area contributed by atoms with E-state index in [1.54, 1.807) is 6.20 Å². The molecule has 17 heavy (non-hydrogen) atoms. The Bertz CT molecular complexity index is 495. The summed E-state index contributed by atoms with van der Waals surface area (Å²) >= 11 is 0. The highest BCUT2D eigenvalue weighted by molar-refractivity contribution is 5.29. The molecule has 0 spiro atoms. The van der Waals surface area contributed by atoms with Crippen LogP contribution >= 0.6 is 0 Å². The maximum absolute atomic E-state index is 13.9. The van der Waals surface area contributed by atoms with Crippen molar-refractivity contribution in [2.45, 2.75) is 26.7 Å². The molecule has 2 heterocycles. The summed E-state index contributed by atoms with van der Waals surface area (Å²) in [5.41, 5.74) is 0.948. The summed E-state index contributed by atoms with van der Waals surface area (Å²) < 4.78 is 13.9. The lowest BCUT2D eigenvalue weighted by Crippen LogP contribution is -2.09. The van der Waals surface area contributed by atoms with Crippen molar-refractivity contribution in [3.8, 4) is 5.69 Å². The zero-order chi connectivity index (χ0) is 12.4. The Balaban J connectivity index is 2.35. The summed E-state index contributed by atoms with van der Waals surface area (Å²) in [6.07, 6.45) is 2.85. The molecule has 0 aliphatic rings. The topological polar surface area (TPSA) is 56.5 Å². The molecule has 0 amide bonds. The second-order valence-corrected chi connectivity index (χ2v) is 4.32. The molecule has 1 atom stereocenters. The lowest BCUT2D eigenvalue weighted by molar-refractivity contribution is 0.486. The highest BCUT2D eigenvalue weighted by atomic mass is 19.1. The van der Waals surface area contributed by atoms with Crippen molar-refractivity contribution in [1.82, 2.24) is 25.2 Å². The molecule has 6 heteroatoms. The van der Waals surface area contributed by atoms with Gasteiger partial charge in [0.2, 0.25) is 0 Å². The molecule has 0 aliphatic heterocycles. The minimum absolute atomic E-state index is 0.0766. The van der Waals surface area contributed by atoms with Gasteiger partial charge in [-0.25, -0.2) is 4.39 Å². The van der Waals surface area contributed by atoms with E-state index in [1.807, 2.05) is 20.8 Å².